The van der Waals surface area contributed by atoms with E-state index in [1.807, 2.05) is 0 Å². The minimum atomic E-state index is -0.438. The lowest BCUT2D eigenvalue weighted by atomic mass is 10.2. The Kier molecular flexibility index (Phi) is 4.39. The average Bonchev–Trinajstić information content (AvgIpc) is 2.53. The Balaban J connectivity index is 2.01. The number of carbonyl (C=O) groups is 2. The molecule has 1 N–H and O–H groups in total. The molecule has 20 heavy (non-hydrogen) atoms. The zero-order valence-electron chi connectivity index (χ0n) is 10.9. The molecular weight excluding hydrogens is 258 g/mol. The van der Waals surface area contributed by atoms with Crippen LogP contribution in [0.4, 0.5) is 0 Å². The largest absolute Gasteiger partial charge is 0.465 e. The van der Waals surface area contributed by atoms with Gasteiger partial charge < -0.3 is 10.1 Å². The van der Waals surface area contributed by atoms with Crippen molar-refractivity contribution in [2.24, 2.45) is 0 Å². The molecule has 0 aliphatic rings. The minimum absolute atomic E-state index is 0.221. The number of nitrogens with zero attached hydrogens (tertiary/aromatic N) is 2. The van der Waals surface area contributed by atoms with Crippen LogP contribution in [0.5, 0.6) is 0 Å². The molecule has 1 amide bonds. The Bertz CT molecular complexity index is 614. The van der Waals surface area contributed by atoms with Crippen LogP contribution >= 0.6 is 0 Å². The first-order valence-corrected chi connectivity index (χ1v) is 5.92. The van der Waals surface area contributed by atoms with Crippen molar-refractivity contribution >= 4 is 11.9 Å². The molecule has 0 aliphatic heterocycles. The van der Waals surface area contributed by atoms with Gasteiger partial charge >= 0.3 is 5.97 Å². The highest BCUT2D eigenvalue weighted by atomic mass is 16.5. The van der Waals surface area contributed by atoms with Gasteiger partial charge in [-0.1, -0.05) is 0 Å². The van der Waals surface area contributed by atoms with Crippen LogP contribution in [-0.2, 0) is 11.3 Å². The lowest BCUT2D eigenvalue weighted by Gasteiger charge is -2.05. The Morgan fingerprint density at radius 1 is 1.25 bits per heavy atom. The maximum absolute atomic E-state index is 11.8. The number of aromatic nitrogens is 2. The van der Waals surface area contributed by atoms with E-state index in [-0.39, 0.29) is 12.5 Å². The number of hydrogen-bond donors (Lipinski definition) is 1. The highest BCUT2D eigenvalue weighted by Gasteiger charge is 2.08. The monoisotopic (exact) mass is 271 g/mol. The summed E-state index contributed by atoms with van der Waals surface area (Å²) >= 11 is 0. The summed E-state index contributed by atoms with van der Waals surface area (Å²) in [6.07, 6.45) is 4.57. The first-order chi connectivity index (χ1) is 9.70. The van der Waals surface area contributed by atoms with Crippen LogP contribution in [0.15, 0.2) is 42.9 Å². The molecule has 0 aliphatic carbocycles. The lowest BCUT2D eigenvalue weighted by molar-refractivity contribution is 0.0600. The number of rotatable bonds is 4. The van der Waals surface area contributed by atoms with Crippen LogP contribution in [-0.4, -0.2) is 29.0 Å². The van der Waals surface area contributed by atoms with E-state index in [9.17, 15) is 9.59 Å². The smallest absolute Gasteiger partial charge is 0.337 e. The quantitative estimate of drug-likeness (QED) is 0.845. The molecule has 0 fully saturated rings. The Hall–Kier alpha value is -2.76. The summed E-state index contributed by atoms with van der Waals surface area (Å²) in [5, 5.41) is 2.71. The number of hydrogen-bond acceptors (Lipinski definition) is 5. The van der Waals surface area contributed by atoms with Crippen LogP contribution in [0.25, 0.3) is 0 Å². The van der Waals surface area contributed by atoms with Crippen molar-refractivity contribution in [1.82, 2.24) is 15.3 Å². The number of methoxy groups -OCH3 is 1. The van der Waals surface area contributed by atoms with Crippen molar-refractivity contribution in [2.45, 2.75) is 6.54 Å². The van der Waals surface area contributed by atoms with Crippen molar-refractivity contribution in [3.05, 3.63) is 59.7 Å². The average molecular weight is 271 g/mol. The zero-order chi connectivity index (χ0) is 14.4. The number of carbonyl (C=O) groups excluding carboxylic acids is 2. The molecule has 2 aromatic heterocycles. The van der Waals surface area contributed by atoms with Crippen LogP contribution in [0.3, 0.4) is 0 Å². The van der Waals surface area contributed by atoms with Gasteiger partial charge in [0.05, 0.1) is 30.5 Å². The van der Waals surface area contributed by atoms with E-state index in [1.165, 1.54) is 19.5 Å². The van der Waals surface area contributed by atoms with Crippen LogP contribution < -0.4 is 5.32 Å². The third-order valence-corrected chi connectivity index (χ3v) is 2.59. The fourth-order valence-corrected chi connectivity index (χ4v) is 1.59. The first kappa shape index (κ1) is 13.7. The van der Waals surface area contributed by atoms with Crippen LogP contribution in [0.2, 0.25) is 0 Å². The van der Waals surface area contributed by atoms with E-state index in [0.717, 1.165) is 0 Å². The number of pyridine rings is 2. The summed E-state index contributed by atoms with van der Waals surface area (Å²) < 4.78 is 4.62. The molecule has 0 atom stereocenters. The second kappa shape index (κ2) is 6.42. The fourth-order valence-electron chi connectivity index (χ4n) is 1.59. The maximum Gasteiger partial charge on any atom is 0.337 e. The van der Waals surface area contributed by atoms with Gasteiger partial charge in [0.25, 0.3) is 5.91 Å². The molecular formula is C14H13N3O3. The molecule has 6 nitrogen and oxygen atoms in total. The van der Waals surface area contributed by atoms with Gasteiger partial charge in [-0.2, -0.15) is 0 Å². The van der Waals surface area contributed by atoms with Gasteiger partial charge in [0.2, 0.25) is 0 Å². The summed E-state index contributed by atoms with van der Waals surface area (Å²) in [7, 11) is 1.31. The third kappa shape index (κ3) is 3.38. The van der Waals surface area contributed by atoms with E-state index < -0.39 is 5.97 Å². The van der Waals surface area contributed by atoms with Gasteiger partial charge in [-0.25, -0.2) is 4.79 Å². The number of ether oxygens (including phenoxy) is 1. The lowest BCUT2D eigenvalue weighted by Crippen LogP contribution is -2.23. The van der Waals surface area contributed by atoms with Crippen molar-refractivity contribution in [3.63, 3.8) is 0 Å². The molecule has 0 radical (unpaired) electrons. The van der Waals surface area contributed by atoms with Crippen molar-refractivity contribution in [3.8, 4) is 0 Å². The van der Waals surface area contributed by atoms with E-state index in [2.05, 4.69) is 20.0 Å². The van der Waals surface area contributed by atoms with E-state index in [0.29, 0.717) is 16.8 Å². The normalized spacial score (nSPS) is 9.85. The summed E-state index contributed by atoms with van der Waals surface area (Å²) in [6, 6.07) is 6.49. The van der Waals surface area contributed by atoms with Gasteiger partial charge in [0.1, 0.15) is 0 Å². The second-order valence-corrected chi connectivity index (χ2v) is 3.95. The molecule has 2 aromatic rings. The zero-order valence-corrected chi connectivity index (χ0v) is 10.9. The van der Waals surface area contributed by atoms with E-state index in [1.54, 1.807) is 30.5 Å². The molecule has 6 heteroatoms. The second-order valence-electron chi connectivity index (χ2n) is 3.95. The van der Waals surface area contributed by atoms with Gasteiger partial charge in [0.15, 0.2) is 0 Å². The Labute approximate surface area is 115 Å². The SMILES string of the molecule is COC(=O)c1ccnc(CNC(=O)c2cccnc2)c1. The first-order valence-electron chi connectivity index (χ1n) is 5.92. The topological polar surface area (TPSA) is 81.2 Å². The van der Waals surface area contributed by atoms with E-state index in [4.69, 9.17) is 0 Å². The summed E-state index contributed by atoms with van der Waals surface area (Å²) in [5.41, 5.74) is 1.44. The molecule has 2 heterocycles. The predicted octanol–water partition coefficient (Wildman–Crippen LogP) is 1.19. The number of esters is 1. The molecule has 0 saturated heterocycles. The van der Waals surface area contributed by atoms with Crippen molar-refractivity contribution in [1.29, 1.82) is 0 Å². The number of nitrogens with one attached hydrogen (secondary N) is 1. The molecule has 0 aromatic carbocycles. The molecule has 0 bridgehead atoms. The summed E-state index contributed by atoms with van der Waals surface area (Å²) in [4.78, 5) is 31.2. The molecule has 0 saturated carbocycles. The fraction of sp³-hybridized carbons (Fsp3) is 0.143. The summed E-state index contributed by atoms with van der Waals surface area (Å²) in [6.45, 7) is 0.221. The number of amides is 1. The molecule has 102 valence electrons. The van der Waals surface area contributed by atoms with Crippen LogP contribution in [0, 0.1) is 0 Å². The molecule has 0 unspecified atom stereocenters. The Morgan fingerprint density at radius 2 is 2.10 bits per heavy atom. The third-order valence-electron chi connectivity index (χ3n) is 2.59. The maximum atomic E-state index is 11.8. The minimum Gasteiger partial charge on any atom is -0.465 e. The van der Waals surface area contributed by atoms with Crippen LogP contribution in [0.1, 0.15) is 26.4 Å². The van der Waals surface area contributed by atoms with Gasteiger partial charge in [0, 0.05) is 18.6 Å². The highest BCUT2D eigenvalue weighted by molar-refractivity contribution is 5.93. The van der Waals surface area contributed by atoms with E-state index >= 15 is 0 Å². The highest BCUT2D eigenvalue weighted by Crippen LogP contribution is 2.04. The summed E-state index contributed by atoms with van der Waals surface area (Å²) in [5.74, 6) is -0.685. The van der Waals surface area contributed by atoms with Gasteiger partial charge in [-0.3, -0.25) is 14.8 Å². The molecule has 2 rings (SSSR count). The predicted molar refractivity (Wildman–Crippen MR) is 71.0 cm³/mol. The van der Waals surface area contributed by atoms with Gasteiger partial charge in [-0.05, 0) is 24.3 Å². The standard InChI is InChI=1S/C14H13N3O3/c1-20-14(19)10-4-6-16-12(7-10)9-17-13(18)11-3-2-5-15-8-11/h2-8H,9H2,1H3,(H,17,18). The van der Waals surface area contributed by atoms with Gasteiger partial charge in [-0.15, -0.1) is 0 Å². The Morgan fingerprint density at radius 3 is 2.80 bits per heavy atom. The van der Waals surface area contributed by atoms with Crippen molar-refractivity contribution in [2.75, 3.05) is 7.11 Å². The molecule has 0 spiro atoms. The van der Waals surface area contributed by atoms with Crippen molar-refractivity contribution < 1.29 is 14.3 Å².